The number of hydrogen-bond acceptors (Lipinski definition) is 5. The molecular weight excluding hydrogens is 458 g/mol. The van der Waals surface area contributed by atoms with Gasteiger partial charge in [-0.05, 0) is 64.1 Å². The van der Waals surface area contributed by atoms with Gasteiger partial charge in [0.2, 0.25) is 5.91 Å². The van der Waals surface area contributed by atoms with Gasteiger partial charge in [-0.15, -0.1) is 0 Å². The summed E-state index contributed by atoms with van der Waals surface area (Å²) < 4.78 is 1.62. The van der Waals surface area contributed by atoms with Crippen molar-refractivity contribution in [3.63, 3.8) is 0 Å². The Labute approximate surface area is 191 Å². The summed E-state index contributed by atoms with van der Waals surface area (Å²) in [6, 6.07) is 6.02. The van der Waals surface area contributed by atoms with Crippen LogP contribution in [0.1, 0.15) is 39.3 Å². The van der Waals surface area contributed by atoms with Crippen molar-refractivity contribution >= 4 is 27.5 Å². The average molecular weight is 488 g/mol. The number of nitrogens with one attached hydrogen (secondary N) is 2. The Balaban J connectivity index is 1.34. The van der Waals surface area contributed by atoms with Gasteiger partial charge < -0.3 is 10.6 Å². The third-order valence-corrected chi connectivity index (χ3v) is 8.17. The highest BCUT2D eigenvalue weighted by Crippen LogP contribution is 2.61. The Hall–Kier alpha value is -2.22. The number of carbonyl (C=O) groups is 1. The first kappa shape index (κ1) is 22.0. The zero-order chi connectivity index (χ0) is 22.2. The Morgan fingerprint density at radius 1 is 1.32 bits per heavy atom. The van der Waals surface area contributed by atoms with Crippen molar-refractivity contribution in [1.29, 1.82) is 0 Å². The Morgan fingerprint density at radius 3 is 2.81 bits per heavy atom. The van der Waals surface area contributed by atoms with Gasteiger partial charge in [-0.25, -0.2) is 4.68 Å². The average Bonchev–Trinajstić information content (AvgIpc) is 2.75. The van der Waals surface area contributed by atoms with Gasteiger partial charge in [0.05, 0.1) is 11.9 Å². The van der Waals surface area contributed by atoms with E-state index in [9.17, 15) is 9.59 Å². The van der Waals surface area contributed by atoms with Gasteiger partial charge in [-0.2, -0.15) is 5.10 Å². The number of fused-ring (bicyclic) bond motifs is 2. The predicted octanol–water partition coefficient (Wildman–Crippen LogP) is 3.24. The maximum atomic E-state index is 12.7. The van der Waals surface area contributed by atoms with Crippen LogP contribution in [0, 0.1) is 23.2 Å². The van der Waals surface area contributed by atoms with E-state index in [1.807, 2.05) is 18.2 Å². The minimum absolute atomic E-state index is 0.113. The number of halogens is 1. The van der Waals surface area contributed by atoms with Crippen molar-refractivity contribution in [2.75, 3.05) is 11.9 Å². The SMILES string of the molecule is C[C@@H]1[C@H]2C[C@@H](C[C@H]1Nc1cnn(CC(=O)NCCc3ccccn3)c(=O)c1Br)C2(C)C. The van der Waals surface area contributed by atoms with Crippen LogP contribution in [-0.4, -0.2) is 33.3 Å². The molecule has 0 unspecified atom stereocenters. The molecular formula is C23H30BrN5O2. The third kappa shape index (κ3) is 4.40. The minimum Gasteiger partial charge on any atom is -0.380 e. The van der Waals surface area contributed by atoms with Gasteiger partial charge in [0.25, 0.3) is 5.56 Å². The molecule has 0 aromatic carbocycles. The van der Waals surface area contributed by atoms with E-state index in [4.69, 9.17) is 0 Å². The summed E-state index contributed by atoms with van der Waals surface area (Å²) in [5, 5.41) is 10.6. The molecule has 2 aromatic rings. The Kier molecular flexibility index (Phi) is 6.19. The lowest BCUT2D eigenvalue weighted by Gasteiger charge is -2.62. The van der Waals surface area contributed by atoms with E-state index in [0.29, 0.717) is 46.4 Å². The van der Waals surface area contributed by atoms with Gasteiger partial charge in [0, 0.05) is 30.9 Å². The highest BCUT2D eigenvalue weighted by Gasteiger charge is 2.56. The van der Waals surface area contributed by atoms with Crippen LogP contribution in [0.15, 0.2) is 39.9 Å². The highest BCUT2D eigenvalue weighted by atomic mass is 79.9. The standard InChI is InChI=1S/C23H30BrN5O2/c1-14-17-10-15(23(17,2)3)11-18(14)28-19-12-27-29(22(31)21(19)24)13-20(30)26-9-7-16-6-4-5-8-25-16/h4-6,8,12,14-15,17-18,28H,7,9-11,13H2,1-3H3,(H,26,30)/t14-,15+,17-,18-/m1/s1. The van der Waals surface area contributed by atoms with Crippen molar-refractivity contribution in [2.24, 2.45) is 23.2 Å². The Bertz CT molecular complexity index is 1010. The largest absolute Gasteiger partial charge is 0.380 e. The van der Waals surface area contributed by atoms with Crippen molar-refractivity contribution in [2.45, 2.75) is 52.6 Å². The quantitative estimate of drug-likeness (QED) is 0.625. The number of rotatable bonds is 7. The summed E-state index contributed by atoms with van der Waals surface area (Å²) in [5.74, 6) is 1.74. The first-order valence-electron chi connectivity index (χ1n) is 11.0. The first-order valence-corrected chi connectivity index (χ1v) is 11.8. The molecule has 2 bridgehead atoms. The predicted molar refractivity (Wildman–Crippen MR) is 124 cm³/mol. The van der Waals surface area contributed by atoms with Crippen LogP contribution in [-0.2, 0) is 17.8 Å². The molecule has 2 aromatic heterocycles. The molecule has 0 spiro atoms. The van der Waals surface area contributed by atoms with E-state index in [2.05, 4.69) is 57.4 Å². The lowest BCUT2D eigenvalue weighted by molar-refractivity contribution is -0.121. The summed E-state index contributed by atoms with van der Waals surface area (Å²) in [4.78, 5) is 29.2. The number of aromatic nitrogens is 3. The first-order chi connectivity index (χ1) is 14.8. The zero-order valence-electron chi connectivity index (χ0n) is 18.3. The fourth-order valence-electron chi connectivity index (χ4n) is 5.29. The molecule has 4 atom stereocenters. The van der Waals surface area contributed by atoms with E-state index in [1.54, 1.807) is 12.4 Å². The van der Waals surface area contributed by atoms with E-state index in [1.165, 1.54) is 11.1 Å². The molecule has 0 radical (unpaired) electrons. The highest BCUT2D eigenvalue weighted by molar-refractivity contribution is 9.10. The van der Waals surface area contributed by atoms with Gasteiger partial charge in [-0.3, -0.25) is 14.6 Å². The molecule has 3 saturated carbocycles. The lowest BCUT2D eigenvalue weighted by Crippen LogP contribution is -2.58. The van der Waals surface area contributed by atoms with E-state index < -0.39 is 0 Å². The molecule has 3 aliphatic carbocycles. The van der Waals surface area contributed by atoms with Gasteiger partial charge in [0.1, 0.15) is 11.0 Å². The molecule has 1 amide bonds. The number of hydrogen-bond donors (Lipinski definition) is 2. The number of amides is 1. The fraction of sp³-hybridized carbons (Fsp3) is 0.565. The fourth-order valence-corrected chi connectivity index (χ4v) is 5.71. The number of carbonyl (C=O) groups excluding carboxylic acids is 1. The van der Waals surface area contributed by atoms with E-state index in [-0.39, 0.29) is 18.0 Å². The number of pyridine rings is 1. The molecule has 2 heterocycles. The minimum atomic E-state index is -0.307. The molecule has 5 rings (SSSR count). The van der Waals surface area contributed by atoms with E-state index >= 15 is 0 Å². The molecule has 3 fully saturated rings. The summed E-state index contributed by atoms with van der Waals surface area (Å²) in [6.45, 7) is 7.40. The number of anilines is 1. The van der Waals surface area contributed by atoms with Crippen molar-refractivity contribution in [1.82, 2.24) is 20.1 Å². The molecule has 0 aliphatic heterocycles. The summed E-state index contributed by atoms with van der Waals surface area (Å²) in [5.41, 5.74) is 1.72. The molecule has 0 saturated heterocycles. The second-order valence-electron chi connectivity index (χ2n) is 9.46. The summed E-state index contributed by atoms with van der Waals surface area (Å²) in [7, 11) is 0. The maximum absolute atomic E-state index is 12.7. The molecule has 166 valence electrons. The second kappa shape index (κ2) is 8.73. The molecule has 2 N–H and O–H groups in total. The third-order valence-electron chi connectivity index (χ3n) is 7.40. The molecule has 8 heteroatoms. The van der Waals surface area contributed by atoms with Crippen LogP contribution in [0.3, 0.4) is 0 Å². The normalized spacial score (nSPS) is 26.1. The monoisotopic (exact) mass is 487 g/mol. The van der Waals surface area contributed by atoms with Crippen LogP contribution in [0.5, 0.6) is 0 Å². The lowest BCUT2D eigenvalue weighted by atomic mass is 9.45. The van der Waals surface area contributed by atoms with Crippen LogP contribution >= 0.6 is 15.9 Å². The van der Waals surface area contributed by atoms with Crippen molar-refractivity contribution < 1.29 is 4.79 Å². The zero-order valence-corrected chi connectivity index (χ0v) is 19.9. The van der Waals surface area contributed by atoms with Crippen LogP contribution in [0.4, 0.5) is 5.69 Å². The Morgan fingerprint density at radius 2 is 2.13 bits per heavy atom. The smallest absolute Gasteiger partial charge is 0.283 e. The maximum Gasteiger partial charge on any atom is 0.283 e. The molecule has 3 aliphatic rings. The number of nitrogens with zero attached hydrogens (tertiary/aromatic N) is 3. The summed E-state index contributed by atoms with van der Waals surface area (Å²) >= 11 is 3.42. The van der Waals surface area contributed by atoms with Crippen LogP contribution in [0.2, 0.25) is 0 Å². The second-order valence-corrected chi connectivity index (χ2v) is 10.3. The van der Waals surface area contributed by atoms with Gasteiger partial charge in [-0.1, -0.05) is 26.8 Å². The topological polar surface area (TPSA) is 88.9 Å². The summed E-state index contributed by atoms with van der Waals surface area (Å²) in [6.07, 6.45) is 6.43. The van der Waals surface area contributed by atoms with Crippen LogP contribution in [0.25, 0.3) is 0 Å². The molecule has 7 nitrogen and oxygen atoms in total. The van der Waals surface area contributed by atoms with Crippen molar-refractivity contribution in [3.8, 4) is 0 Å². The molecule has 31 heavy (non-hydrogen) atoms. The van der Waals surface area contributed by atoms with Crippen molar-refractivity contribution in [3.05, 3.63) is 51.1 Å². The van der Waals surface area contributed by atoms with Gasteiger partial charge in [0.15, 0.2) is 0 Å². The van der Waals surface area contributed by atoms with Crippen LogP contribution < -0.4 is 16.2 Å². The van der Waals surface area contributed by atoms with E-state index in [0.717, 1.165) is 18.0 Å². The van der Waals surface area contributed by atoms with Gasteiger partial charge >= 0.3 is 0 Å².